The van der Waals surface area contributed by atoms with E-state index in [4.69, 9.17) is 10.5 Å². The molecule has 21 heavy (non-hydrogen) atoms. The van der Waals surface area contributed by atoms with E-state index in [9.17, 15) is 9.18 Å². The van der Waals surface area contributed by atoms with Crippen molar-refractivity contribution < 1.29 is 13.9 Å². The van der Waals surface area contributed by atoms with E-state index in [1.165, 1.54) is 12.1 Å². The molecular weight excluding hydrogens is 271 g/mol. The minimum Gasteiger partial charge on any atom is -0.399 e. The van der Waals surface area contributed by atoms with Crippen molar-refractivity contribution in [3.63, 3.8) is 0 Å². The van der Waals surface area contributed by atoms with Gasteiger partial charge in [-0.25, -0.2) is 4.39 Å². The number of carbonyl (C=O) groups excluding carboxylic acids is 1. The number of ether oxygens (including phenoxy) is 1. The summed E-state index contributed by atoms with van der Waals surface area (Å²) in [5.41, 5.74) is 6.60. The lowest BCUT2D eigenvalue weighted by Crippen LogP contribution is -2.42. The summed E-state index contributed by atoms with van der Waals surface area (Å²) in [5.74, 6) is -0.282. The number of hydrogen-bond acceptors (Lipinski definition) is 3. The zero-order chi connectivity index (χ0) is 15.6. The van der Waals surface area contributed by atoms with Crippen molar-refractivity contribution in [3.8, 4) is 0 Å². The standard InChI is InChI=1S/C16H23FN2O2/c1-10-8-13(18)9-14(15(10)17)16(20)19(6-7-21-3)11(2)12-4-5-12/h8-9,11-12H,4-7,18H2,1-3H3. The second-order valence-electron chi connectivity index (χ2n) is 5.77. The Morgan fingerprint density at radius 1 is 1.52 bits per heavy atom. The van der Waals surface area contributed by atoms with E-state index in [2.05, 4.69) is 0 Å². The van der Waals surface area contributed by atoms with Crippen molar-refractivity contribution in [2.45, 2.75) is 32.7 Å². The monoisotopic (exact) mass is 294 g/mol. The number of nitrogen functional groups attached to an aromatic ring is 1. The molecule has 1 aromatic rings. The Morgan fingerprint density at radius 3 is 2.76 bits per heavy atom. The quantitative estimate of drug-likeness (QED) is 0.821. The highest BCUT2D eigenvalue weighted by atomic mass is 19.1. The summed E-state index contributed by atoms with van der Waals surface area (Å²) in [7, 11) is 1.59. The van der Waals surface area contributed by atoms with Crippen LogP contribution in [0.25, 0.3) is 0 Å². The van der Waals surface area contributed by atoms with Crippen LogP contribution in [0.1, 0.15) is 35.7 Å². The Morgan fingerprint density at radius 2 is 2.19 bits per heavy atom. The molecule has 0 bridgehead atoms. The first-order valence-electron chi connectivity index (χ1n) is 7.31. The van der Waals surface area contributed by atoms with Crippen LogP contribution in [0.3, 0.4) is 0 Å². The second-order valence-corrected chi connectivity index (χ2v) is 5.77. The Hall–Kier alpha value is -1.62. The van der Waals surface area contributed by atoms with Gasteiger partial charge < -0.3 is 15.4 Å². The van der Waals surface area contributed by atoms with Gasteiger partial charge in [-0.15, -0.1) is 0 Å². The summed E-state index contributed by atoms with van der Waals surface area (Å²) >= 11 is 0. The molecule has 0 heterocycles. The average molecular weight is 294 g/mol. The number of rotatable bonds is 6. The first kappa shape index (κ1) is 15.8. The highest BCUT2D eigenvalue weighted by Gasteiger charge is 2.35. The summed E-state index contributed by atoms with van der Waals surface area (Å²) in [6, 6.07) is 3.05. The SMILES string of the molecule is COCCN(C(=O)c1cc(N)cc(C)c1F)C(C)C1CC1. The Bertz CT molecular complexity index is 529. The summed E-state index contributed by atoms with van der Waals surface area (Å²) in [6.45, 7) is 4.53. The molecule has 4 nitrogen and oxygen atoms in total. The van der Waals surface area contributed by atoms with Gasteiger partial charge in [0.2, 0.25) is 0 Å². The van der Waals surface area contributed by atoms with E-state index in [-0.39, 0.29) is 17.5 Å². The fraction of sp³-hybridized carbons (Fsp3) is 0.562. The van der Waals surface area contributed by atoms with Crippen LogP contribution in [-0.4, -0.2) is 37.1 Å². The van der Waals surface area contributed by atoms with Crippen LogP contribution in [0.2, 0.25) is 0 Å². The first-order valence-corrected chi connectivity index (χ1v) is 7.31. The maximum Gasteiger partial charge on any atom is 0.257 e. The van der Waals surface area contributed by atoms with Crippen LogP contribution in [0.15, 0.2) is 12.1 Å². The smallest absolute Gasteiger partial charge is 0.257 e. The van der Waals surface area contributed by atoms with Gasteiger partial charge >= 0.3 is 0 Å². The third kappa shape index (κ3) is 3.53. The number of aryl methyl sites for hydroxylation is 1. The van der Waals surface area contributed by atoms with Crippen LogP contribution in [-0.2, 0) is 4.74 Å². The average Bonchev–Trinajstić information content (AvgIpc) is 3.27. The summed E-state index contributed by atoms with van der Waals surface area (Å²) < 4.78 is 19.3. The third-order valence-electron chi connectivity index (χ3n) is 4.10. The van der Waals surface area contributed by atoms with Gasteiger partial charge in [-0.1, -0.05) is 0 Å². The molecule has 0 spiro atoms. The van der Waals surface area contributed by atoms with Gasteiger partial charge in [-0.05, 0) is 50.3 Å². The number of hydrogen-bond donors (Lipinski definition) is 1. The molecule has 5 heteroatoms. The largest absolute Gasteiger partial charge is 0.399 e. The third-order valence-corrected chi connectivity index (χ3v) is 4.10. The van der Waals surface area contributed by atoms with Crippen LogP contribution < -0.4 is 5.73 Å². The zero-order valence-corrected chi connectivity index (χ0v) is 12.9. The summed E-state index contributed by atoms with van der Waals surface area (Å²) in [6.07, 6.45) is 2.24. The fourth-order valence-electron chi connectivity index (χ4n) is 2.62. The molecule has 1 amide bonds. The van der Waals surface area contributed by atoms with Crippen molar-refractivity contribution in [3.05, 3.63) is 29.1 Å². The first-order chi connectivity index (χ1) is 9.95. The van der Waals surface area contributed by atoms with Gasteiger partial charge in [0.25, 0.3) is 5.91 Å². The molecule has 1 atom stereocenters. The Kier molecular flexibility index (Phi) is 4.83. The van der Waals surface area contributed by atoms with Crippen LogP contribution in [0.4, 0.5) is 10.1 Å². The van der Waals surface area contributed by atoms with Gasteiger partial charge in [0.15, 0.2) is 0 Å². The molecule has 2 rings (SSSR count). The molecule has 1 aliphatic carbocycles. The highest BCUT2D eigenvalue weighted by molar-refractivity contribution is 5.96. The molecule has 1 fully saturated rings. The number of benzene rings is 1. The summed E-state index contributed by atoms with van der Waals surface area (Å²) in [5, 5.41) is 0. The molecule has 0 aromatic heterocycles. The van der Waals surface area contributed by atoms with E-state index >= 15 is 0 Å². The van der Waals surface area contributed by atoms with E-state index < -0.39 is 5.82 Å². The van der Waals surface area contributed by atoms with E-state index in [0.29, 0.717) is 30.3 Å². The molecule has 0 radical (unpaired) electrons. The lowest BCUT2D eigenvalue weighted by atomic mass is 10.1. The molecule has 1 aromatic carbocycles. The van der Waals surface area contributed by atoms with Gasteiger partial charge in [0.05, 0.1) is 12.2 Å². The maximum atomic E-state index is 14.3. The zero-order valence-electron chi connectivity index (χ0n) is 12.9. The maximum absolute atomic E-state index is 14.3. The van der Waals surface area contributed by atoms with Crippen molar-refractivity contribution >= 4 is 11.6 Å². The predicted molar refractivity (Wildman–Crippen MR) is 80.6 cm³/mol. The topological polar surface area (TPSA) is 55.6 Å². The molecule has 0 aliphatic heterocycles. The molecule has 1 saturated carbocycles. The van der Waals surface area contributed by atoms with Gasteiger partial charge in [0, 0.05) is 25.4 Å². The predicted octanol–water partition coefficient (Wildman–Crippen LogP) is 2.60. The van der Waals surface area contributed by atoms with Gasteiger partial charge in [0.1, 0.15) is 5.82 Å². The number of methoxy groups -OCH3 is 1. The number of nitrogens with two attached hydrogens (primary N) is 1. The van der Waals surface area contributed by atoms with E-state index in [1.54, 1.807) is 18.9 Å². The second kappa shape index (κ2) is 6.43. The number of carbonyl (C=O) groups is 1. The van der Waals surface area contributed by atoms with Crippen LogP contribution >= 0.6 is 0 Å². The number of halogens is 1. The fourth-order valence-corrected chi connectivity index (χ4v) is 2.62. The Labute approximate surface area is 125 Å². The van der Waals surface area contributed by atoms with Gasteiger partial charge in [-0.2, -0.15) is 0 Å². The summed E-state index contributed by atoms with van der Waals surface area (Å²) in [4.78, 5) is 14.4. The number of amides is 1. The molecule has 116 valence electrons. The number of anilines is 1. The minimum absolute atomic E-state index is 0.0519. The van der Waals surface area contributed by atoms with Crippen LogP contribution in [0, 0.1) is 18.7 Å². The molecule has 2 N–H and O–H groups in total. The van der Waals surface area contributed by atoms with Crippen molar-refractivity contribution in [1.29, 1.82) is 0 Å². The molecule has 1 unspecified atom stereocenters. The number of nitrogens with zero attached hydrogens (tertiary/aromatic N) is 1. The molecule has 1 aliphatic rings. The van der Waals surface area contributed by atoms with Gasteiger partial charge in [-0.3, -0.25) is 4.79 Å². The minimum atomic E-state index is -0.486. The van der Waals surface area contributed by atoms with E-state index in [0.717, 1.165) is 12.8 Å². The van der Waals surface area contributed by atoms with Crippen molar-refractivity contribution in [2.24, 2.45) is 5.92 Å². The lowest BCUT2D eigenvalue weighted by Gasteiger charge is -2.29. The molecule has 0 saturated heterocycles. The van der Waals surface area contributed by atoms with Crippen LogP contribution in [0.5, 0.6) is 0 Å². The van der Waals surface area contributed by atoms with Crippen molar-refractivity contribution in [1.82, 2.24) is 4.90 Å². The van der Waals surface area contributed by atoms with E-state index in [1.807, 2.05) is 6.92 Å². The molecular formula is C16H23FN2O2. The lowest BCUT2D eigenvalue weighted by molar-refractivity contribution is 0.0590. The van der Waals surface area contributed by atoms with Crippen molar-refractivity contribution in [2.75, 3.05) is 26.0 Å². The Balaban J connectivity index is 2.28. The highest BCUT2D eigenvalue weighted by Crippen LogP contribution is 2.35. The normalized spacial score (nSPS) is 15.8.